The number of aromatic amines is 1. The van der Waals surface area contributed by atoms with E-state index in [9.17, 15) is 9.90 Å². The first-order valence-corrected chi connectivity index (χ1v) is 5.65. The molecule has 1 aromatic heterocycles. The van der Waals surface area contributed by atoms with Crippen LogP contribution in [-0.4, -0.2) is 46.1 Å². The standard InChI is InChI=1S/C9H16N6O4/c10-7-13-5-4(6(17)14-7)12-8(11)15(5)9(18)19-3-1-2-16/h8-9,12,16,18H,1-3,11H2,(H3,10,13,14,17). The number of hydrogen-bond donors (Lipinski definition) is 6. The number of nitrogens with one attached hydrogen (secondary N) is 2. The molecule has 19 heavy (non-hydrogen) atoms. The lowest BCUT2D eigenvalue weighted by molar-refractivity contribution is -0.104. The van der Waals surface area contributed by atoms with Crippen molar-refractivity contribution in [2.75, 3.05) is 29.2 Å². The van der Waals surface area contributed by atoms with Crippen LogP contribution in [0.4, 0.5) is 17.5 Å². The molecular weight excluding hydrogens is 256 g/mol. The van der Waals surface area contributed by atoms with Crippen molar-refractivity contribution in [1.29, 1.82) is 0 Å². The predicted octanol–water partition coefficient (Wildman–Crippen LogP) is -2.50. The summed E-state index contributed by atoms with van der Waals surface area (Å²) in [7, 11) is 0. The maximum Gasteiger partial charge on any atom is 0.277 e. The monoisotopic (exact) mass is 272 g/mol. The number of H-pyrrole nitrogens is 1. The summed E-state index contributed by atoms with van der Waals surface area (Å²) in [6, 6.07) is 0. The Morgan fingerprint density at radius 1 is 1.58 bits per heavy atom. The number of rotatable bonds is 5. The molecule has 0 amide bonds. The fraction of sp³-hybridized carbons (Fsp3) is 0.556. The van der Waals surface area contributed by atoms with Gasteiger partial charge in [-0.3, -0.25) is 20.4 Å². The van der Waals surface area contributed by atoms with E-state index in [0.717, 1.165) is 0 Å². The number of fused-ring (bicyclic) bond motifs is 1. The van der Waals surface area contributed by atoms with E-state index in [-0.39, 0.29) is 30.7 Å². The van der Waals surface area contributed by atoms with Gasteiger partial charge in [-0.1, -0.05) is 0 Å². The van der Waals surface area contributed by atoms with Gasteiger partial charge in [-0.15, -0.1) is 0 Å². The third-order valence-electron chi connectivity index (χ3n) is 2.56. The summed E-state index contributed by atoms with van der Waals surface area (Å²) in [5, 5.41) is 21.2. The molecule has 106 valence electrons. The zero-order valence-electron chi connectivity index (χ0n) is 10.0. The average Bonchev–Trinajstić information content (AvgIpc) is 2.66. The molecule has 1 aliphatic heterocycles. The Balaban J connectivity index is 2.22. The third kappa shape index (κ3) is 2.61. The van der Waals surface area contributed by atoms with Crippen molar-refractivity contribution in [1.82, 2.24) is 9.97 Å². The van der Waals surface area contributed by atoms with Crippen molar-refractivity contribution in [2.45, 2.75) is 19.1 Å². The Morgan fingerprint density at radius 2 is 2.32 bits per heavy atom. The van der Waals surface area contributed by atoms with Crippen LogP contribution in [0.2, 0.25) is 0 Å². The van der Waals surface area contributed by atoms with Gasteiger partial charge in [0.25, 0.3) is 5.56 Å². The topological polar surface area (TPSA) is 163 Å². The van der Waals surface area contributed by atoms with Gasteiger partial charge >= 0.3 is 0 Å². The van der Waals surface area contributed by atoms with Crippen molar-refractivity contribution in [3.8, 4) is 0 Å². The molecule has 2 rings (SSSR count). The first-order chi connectivity index (χ1) is 9.04. The Bertz CT molecular complexity index is 506. The van der Waals surface area contributed by atoms with Crippen LogP contribution in [0, 0.1) is 0 Å². The van der Waals surface area contributed by atoms with Gasteiger partial charge in [-0.25, -0.2) is 0 Å². The van der Waals surface area contributed by atoms with E-state index in [4.69, 9.17) is 21.3 Å². The fourth-order valence-corrected chi connectivity index (χ4v) is 1.72. The molecule has 0 aromatic carbocycles. The van der Waals surface area contributed by atoms with Crippen molar-refractivity contribution in [2.24, 2.45) is 5.73 Å². The highest BCUT2D eigenvalue weighted by atomic mass is 16.6. The molecule has 0 fully saturated rings. The van der Waals surface area contributed by atoms with Gasteiger partial charge in [0.2, 0.25) is 12.4 Å². The molecule has 10 heteroatoms. The molecule has 1 aromatic rings. The van der Waals surface area contributed by atoms with Gasteiger partial charge in [0.1, 0.15) is 5.69 Å². The molecule has 2 unspecified atom stereocenters. The molecule has 0 saturated heterocycles. The largest absolute Gasteiger partial charge is 0.396 e. The summed E-state index contributed by atoms with van der Waals surface area (Å²) >= 11 is 0. The van der Waals surface area contributed by atoms with Crippen LogP contribution in [0.3, 0.4) is 0 Å². The van der Waals surface area contributed by atoms with E-state index in [1.165, 1.54) is 4.90 Å². The van der Waals surface area contributed by atoms with Crippen LogP contribution < -0.4 is 27.2 Å². The van der Waals surface area contributed by atoms with Crippen LogP contribution in [0.5, 0.6) is 0 Å². The highest BCUT2D eigenvalue weighted by Crippen LogP contribution is 2.29. The Morgan fingerprint density at radius 3 is 3.00 bits per heavy atom. The summed E-state index contributed by atoms with van der Waals surface area (Å²) < 4.78 is 5.08. The molecule has 0 aliphatic carbocycles. The summed E-state index contributed by atoms with van der Waals surface area (Å²) in [6.45, 7) is 0.0768. The lowest BCUT2D eigenvalue weighted by atomic mass is 10.4. The van der Waals surface area contributed by atoms with Gasteiger partial charge in [-0.05, 0) is 6.42 Å². The molecule has 0 radical (unpaired) electrons. The minimum atomic E-state index is -1.40. The van der Waals surface area contributed by atoms with Gasteiger partial charge in [-0.2, -0.15) is 4.98 Å². The number of hydrogen-bond acceptors (Lipinski definition) is 9. The second kappa shape index (κ2) is 5.40. The third-order valence-corrected chi connectivity index (χ3v) is 2.56. The fourth-order valence-electron chi connectivity index (χ4n) is 1.72. The summed E-state index contributed by atoms with van der Waals surface area (Å²) in [6.07, 6.45) is -1.90. The normalized spacial score (nSPS) is 19.1. The Labute approximate surface area is 108 Å². The SMILES string of the molecule is Nc1nc2c(c(=O)[nH]1)NC(N)N2C(O)OCCCO. The highest BCUT2D eigenvalue weighted by molar-refractivity contribution is 5.71. The molecular formula is C9H16N6O4. The molecule has 2 atom stereocenters. The molecule has 2 heterocycles. The number of aliphatic hydroxyl groups excluding tert-OH is 2. The molecule has 0 bridgehead atoms. The average molecular weight is 272 g/mol. The van der Waals surface area contributed by atoms with Crippen LogP contribution in [0.1, 0.15) is 6.42 Å². The van der Waals surface area contributed by atoms with E-state index in [0.29, 0.717) is 6.42 Å². The number of aliphatic hydroxyl groups is 2. The van der Waals surface area contributed by atoms with Crippen LogP contribution in [0.25, 0.3) is 0 Å². The van der Waals surface area contributed by atoms with Crippen molar-refractivity contribution in [3.63, 3.8) is 0 Å². The second-order valence-electron chi connectivity index (χ2n) is 3.92. The van der Waals surface area contributed by atoms with Gasteiger partial charge in [0.05, 0.1) is 6.61 Å². The van der Waals surface area contributed by atoms with E-state index in [1.807, 2.05) is 0 Å². The van der Waals surface area contributed by atoms with Gasteiger partial charge < -0.3 is 26.0 Å². The number of anilines is 3. The van der Waals surface area contributed by atoms with Gasteiger partial charge in [0, 0.05) is 6.61 Å². The lowest BCUT2D eigenvalue weighted by Crippen LogP contribution is -2.50. The van der Waals surface area contributed by atoms with Gasteiger partial charge in [0.15, 0.2) is 12.1 Å². The summed E-state index contributed by atoms with van der Waals surface area (Å²) in [4.78, 5) is 19.0. The first kappa shape index (κ1) is 13.5. The quantitative estimate of drug-likeness (QED) is 0.251. The van der Waals surface area contributed by atoms with Crippen LogP contribution in [0.15, 0.2) is 4.79 Å². The van der Waals surface area contributed by atoms with E-state index in [2.05, 4.69) is 15.3 Å². The minimum Gasteiger partial charge on any atom is -0.396 e. The molecule has 0 saturated carbocycles. The number of nitrogens with two attached hydrogens (primary N) is 2. The number of nitrogen functional groups attached to an aromatic ring is 1. The Hall–Kier alpha value is -1.88. The van der Waals surface area contributed by atoms with E-state index >= 15 is 0 Å². The molecule has 1 aliphatic rings. The summed E-state index contributed by atoms with van der Waals surface area (Å²) in [5.41, 5.74) is 10.8. The first-order valence-electron chi connectivity index (χ1n) is 5.65. The van der Waals surface area contributed by atoms with Crippen LogP contribution >= 0.6 is 0 Å². The van der Waals surface area contributed by atoms with Crippen LogP contribution in [-0.2, 0) is 4.74 Å². The van der Waals surface area contributed by atoms with Crippen molar-refractivity contribution in [3.05, 3.63) is 10.4 Å². The van der Waals surface area contributed by atoms with E-state index in [1.54, 1.807) is 0 Å². The number of ether oxygens (including phenoxy) is 1. The zero-order valence-corrected chi connectivity index (χ0v) is 10.0. The number of aromatic nitrogens is 2. The lowest BCUT2D eigenvalue weighted by Gasteiger charge is -2.27. The maximum absolute atomic E-state index is 11.6. The second-order valence-corrected chi connectivity index (χ2v) is 3.92. The summed E-state index contributed by atoms with van der Waals surface area (Å²) in [5.74, 6) is 0.0254. The smallest absolute Gasteiger partial charge is 0.277 e. The van der Waals surface area contributed by atoms with E-state index < -0.39 is 18.3 Å². The minimum absolute atomic E-state index is 0.0571. The van der Waals surface area contributed by atoms with Crippen molar-refractivity contribution < 1.29 is 14.9 Å². The Kier molecular flexibility index (Phi) is 3.85. The molecule has 10 nitrogen and oxygen atoms in total. The predicted molar refractivity (Wildman–Crippen MR) is 67.0 cm³/mol. The maximum atomic E-state index is 11.6. The molecule has 0 spiro atoms. The number of nitrogens with zero attached hydrogens (tertiary/aromatic N) is 2. The highest BCUT2D eigenvalue weighted by Gasteiger charge is 2.35. The molecule has 8 N–H and O–H groups in total. The zero-order chi connectivity index (χ0) is 14.0. The van der Waals surface area contributed by atoms with Crippen molar-refractivity contribution >= 4 is 17.5 Å².